The third-order valence-corrected chi connectivity index (χ3v) is 2.43. The van der Waals surface area contributed by atoms with Gasteiger partial charge in [0.1, 0.15) is 12.4 Å². The molecule has 0 radical (unpaired) electrons. The highest BCUT2D eigenvalue weighted by Crippen LogP contribution is 2.19. The molecule has 1 aromatic rings. The maximum absolute atomic E-state index is 11.2. The molecule has 3 heteroatoms. The van der Waals surface area contributed by atoms with Crippen LogP contribution in [0.3, 0.4) is 0 Å². The topological polar surface area (TPSA) is 35.5 Å². The van der Waals surface area contributed by atoms with Gasteiger partial charge >= 0.3 is 5.97 Å². The van der Waals surface area contributed by atoms with E-state index >= 15 is 0 Å². The lowest BCUT2D eigenvalue weighted by atomic mass is 10.1. The van der Waals surface area contributed by atoms with Crippen LogP contribution in [0.25, 0.3) is 0 Å². The molecule has 1 rings (SSSR count). The fourth-order valence-electron chi connectivity index (χ4n) is 1.45. The first-order valence-electron chi connectivity index (χ1n) is 5.58. The molecule has 1 aromatic carbocycles. The Bertz CT molecular complexity index is 385. The van der Waals surface area contributed by atoms with Gasteiger partial charge in [-0.2, -0.15) is 0 Å². The van der Waals surface area contributed by atoms with E-state index in [1.807, 2.05) is 30.3 Å². The van der Waals surface area contributed by atoms with Crippen LogP contribution in [-0.4, -0.2) is 19.7 Å². The van der Waals surface area contributed by atoms with Gasteiger partial charge in [0.15, 0.2) is 0 Å². The number of allylic oxidation sites excluding steroid dienone is 1. The van der Waals surface area contributed by atoms with Crippen molar-refractivity contribution in [2.24, 2.45) is 5.92 Å². The van der Waals surface area contributed by atoms with E-state index in [4.69, 9.17) is 4.74 Å². The summed E-state index contributed by atoms with van der Waals surface area (Å²) >= 11 is 0. The Morgan fingerprint density at radius 2 is 2.18 bits per heavy atom. The number of ether oxygens (including phenoxy) is 2. The van der Waals surface area contributed by atoms with Crippen LogP contribution in [0.2, 0.25) is 0 Å². The summed E-state index contributed by atoms with van der Waals surface area (Å²) in [5.74, 6) is 0.270. The molecular weight excluding hydrogens is 216 g/mol. The first-order valence-corrected chi connectivity index (χ1v) is 5.58. The lowest BCUT2D eigenvalue weighted by Crippen LogP contribution is -2.20. The number of esters is 1. The Morgan fingerprint density at radius 1 is 1.47 bits per heavy atom. The SMILES string of the molecule is C=CCc1ccccc1OCC(C)C(=O)OC. The standard InChI is InChI=1S/C14H18O3/c1-4-7-12-8-5-6-9-13(12)17-10-11(2)14(15)16-3/h4-6,8-9,11H,1,7,10H2,2-3H3. The summed E-state index contributed by atoms with van der Waals surface area (Å²) in [5.41, 5.74) is 1.07. The van der Waals surface area contributed by atoms with E-state index in [0.717, 1.165) is 17.7 Å². The summed E-state index contributed by atoms with van der Waals surface area (Å²) in [6, 6.07) is 7.74. The molecule has 0 aliphatic rings. The highest BCUT2D eigenvalue weighted by atomic mass is 16.5. The van der Waals surface area contributed by atoms with E-state index in [2.05, 4.69) is 11.3 Å². The maximum atomic E-state index is 11.2. The number of carbonyl (C=O) groups excluding carboxylic acids is 1. The molecule has 3 nitrogen and oxygen atoms in total. The second kappa shape index (κ2) is 6.74. The molecule has 0 spiro atoms. The molecule has 1 atom stereocenters. The van der Waals surface area contributed by atoms with Crippen LogP contribution >= 0.6 is 0 Å². The fraction of sp³-hybridized carbons (Fsp3) is 0.357. The Labute approximate surface area is 102 Å². The lowest BCUT2D eigenvalue weighted by molar-refractivity contribution is -0.145. The van der Waals surface area contributed by atoms with Gasteiger partial charge in [-0.25, -0.2) is 0 Å². The molecule has 0 aromatic heterocycles. The second-order valence-electron chi connectivity index (χ2n) is 3.84. The van der Waals surface area contributed by atoms with Crippen molar-refractivity contribution in [1.29, 1.82) is 0 Å². The zero-order chi connectivity index (χ0) is 12.7. The smallest absolute Gasteiger partial charge is 0.311 e. The Kier molecular flexibility index (Phi) is 5.27. The molecule has 0 saturated heterocycles. The van der Waals surface area contributed by atoms with Gasteiger partial charge < -0.3 is 9.47 Å². The van der Waals surface area contributed by atoms with Crippen molar-refractivity contribution in [1.82, 2.24) is 0 Å². The summed E-state index contributed by atoms with van der Waals surface area (Å²) in [4.78, 5) is 11.2. The monoisotopic (exact) mass is 234 g/mol. The van der Waals surface area contributed by atoms with Gasteiger partial charge in [0.2, 0.25) is 0 Å². The first-order chi connectivity index (χ1) is 8.19. The van der Waals surface area contributed by atoms with Crippen molar-refractivity contribution in [3.8, 4) is 5.75 Å². The molecule has 0 saturated carbocycles. The predicted octanol–water partition coefficient (Wildman–Crippen LogP) is 2.60. The third kappa shape index (κ3) is 3.94. The summed E-state index contributed by atoms with van der Waals surface area (Å²) in [6.07, 6.45) is 2.58. The normalized spacial score (nSPS) is 11.6. The van der Waals surface area contributed by atoms with Crippen molar-refractivity contribution >= 4 is 5.97 Å². The van der Waals surface area contributed by atoms with Crippen molar-refractivity contribution in [3.05, 3.63) is 42.5 Å². The average Bonchev–Trinajstić information content (AvgIpc) is 2.36. The predicted molar refractivity (Wildman–Crippen MR) is 67.0 cm³/mol. The summed E-state index contributed by atoms with van der Waals surface area (Å²) in [5, 5.41) is 0. The minimum absolute atomic E-state index is 0.258. The van der Waals surface area contributed by atoms with E-state index in [1.165, 1.54) is 7.11 Å². The van der Waals surface area contributed by atoms with Crippen LogP contribution in [0.1, 0.15) is 12.5 Å². The molecule has 1 unspecified atom stereocenters. The largest absolute Gasteiger partial charge is 0.492 e. The number of rotatable bonds is 6. The van der Waals surface area contributed by atoms with Gasteiger partial charge in [0.05, 0.1) is 13.0 Å². The summed E-state index contributed by atoms with van der Waals surface area (Å²) < 4.78 is 10.3. The number of hydrogen-bond acceptors (Lipinski definition) is 3. The van der Waals surface area contributed by atoms with Crippen molar-refractivity contribution in [2.75, 3.05) is 13.7 Å². The van der Waals surface area contributed by atoms with Crippen LogP contribution in [0.15, 0.2) is 36.9 Å². The van der Waals surface area contributed by atoms with E-state index < -0.39 is 0 Å². The highest BCUT2D eigenvalue weighted by molar-refractivity contribution is 5.71. The van der Waals surface area contributed by atoms with Crippen LogP contribution < -0.4 is 4.74 Å². The zero-order valence-electron chi connectivity index (χ0n) is 10.3. The molecule has 0 bridgehead atoms. The molecule has 0 aliphatic carbocycles. The number of hydrogen-bond donors (Lipinski definition) is 0. The van der Waals surface area contributed by atoms with Crippen LogP contribution in [0, 0.1) is 5.92 Å². The van der Waals surface area contributed by atoms with E-state index in [1.54, 1.807) is 6.92 Å². The highest BCUT2D eigenvalue weighted by Gasteiger charge is 2.14. The van der Waals surface area contributed by atoms with Crippen LogP contribution in [-0.2, 0) is 16.0 Å². The second-order valence-corrected chi connectivity index (χ2v) is 3.84. The summed E-state index contributed by atoms with van der Waals surface area (Å²) in [6.45, 7) is 5.80. The quantitative estimate of drug-likeness (QED) is 0.560. The lowest BCUT2D eigenvalue weighted by Gasteiger charge is -2.13. The Balaban J connectivity index is 2.62. The van der Waals surface area contributed by atoms with Crippen molar-refractivity contribution < 1.29 is 14.3 Å². The average molecular weight is 234 g/mol. The number of para-hydroxylation sites is 1. The molecule has 0 heterocycles. The molecular formula is C14H18O3. The van der Waals surface area contributed by atoms with Gasteiger partial charge in [-0.1, -0.05) is 24.3 Å². The maximum Gasteiger partial charge on any atom is 0.311 e. The van der Waals surface area contributed by atoms with E-state index in [-0.39, 0.29) is 11.9 Å². The Hall–Kier alpha value is -1.77. The Morgan fingerprint density at radius 3 is 2.82 bits per heavy atom. The van der Waals surface area contributed by atoms with E-state index in [9.17, 15) is 4.79 Å². The minimum Gasteiger partial charge on any atom is -0.492 e. The van der Waals surface area contributed by atoms with Gasteiger partial charge in [-0.15, -0.1) is 6.58 Å². The molecule has 0 fully saturated rings. The third-order valence-electron chi connectivity index (χ3n) is 2.43. The molecule has 92 valence electrons. The summed E-state index contributed by atoms with van der Waals surface area (Å²) in [7, 11) is 1.38. The minimum atomic E-state index is -0.267. The van der Waals surface area contributed by atoms with E-state index in [0.29, 0.717) is 6.61 Å². The molecule has 17 heavy (non-hydrogen) atoms. The first kappa shape index (κ1) is 13.3. The van der Waals surface area contributed by atoms with Crippen LogP contribution in [0.5, 0.6) is 5.75 Å². The van der Waals surface area contributed by atoms with Crippen molar-refractivity contribution in [2.45, 2.75) is 13.3 Å². The molecule has 0 amide bonds. The van der Waals surface area contributed by atoms with Gasteiger partial charge in [-0.05, 0) is 25.0 Å². The fourth-order valence-corrected chi connectivity index (χ4v) is 1.45. The zero-order valence-corrected chi connectivity index (χ0v) is 10.3. The molecule has 0 aliphatic heterocycles. The number of carbonyl (C=O) groups is 1. The van der Waals surface area contributed by atoms with Gasteiger partial charge in [-0.3, -0.25) is 4.79 Å². The number of benzene rings is 1. The van der Waals surface area contributed by atoms with Gasteiger partial charge in [0.25, 0.3) is 0 Å². The van der Waals surface area contributed by atoms with Gasteiger partial charge in [0, 0.05) is 0 Å². The van der Waals surface area contributed by atoms with Crippen LogP contribution in [0.4, 0.5) is 0 Å². The van der Waals surface area contributed by atoms with Crippen molar-refractivity contribution in [3.63, 3.8) is 0 Å². The molecule has 0 N–H and O–H groups in total. The number of methoxy groups -OCH3 is 1.